The largest absolute Gasteiger partial charge is 0.350 e. The van der Waals surface area contributed by atoms with Crippen LogP contribution in [0.1, 0.15) is 29.5 Å². The molecule has 2 fully saturated rings. The van der Waals surface area contributed by atoms with Crippen molar-refractivity contribution in [2.75, 3.05) is 41.3 Å². The number of nitrogens with two attached hydrogens (primary N) is 4. The van der Waals surface area contributed by atoms with Gasteiger partial charge < -0.3 is 38.1 Å². The van der Waals surface area contributed by atoms with Crippen LogP contribution in [0.15, 0.2) is 18.2 Å². The Morgan fingerprint density at radius 1 is 0.812 bits per heavy atom. The summed E-state index contributed by atoms with van der Waals surface area (Å²) in [6.45, 7) is 7.45. The molecule has 1 aromatic carbocycles. The average Bonchev–Trinajstić information content (AvgIpc) is 2.73. The number of anilines is 3. The lowest BCUT2D eigenvalue weighted by Gasteiger charge is -2.37. The first-order valence-corrected chi connectivity index (χ1v) is 11.3. The van der Waals surface area contributed by atoms with Gasteiger partial charge in [0.1, 0.15) is 0 Å². The maximum atomic E-state index is 6.22. The van der Waals surface area contributed by atoms with E-state index < -0.39 is 0 Å². The minimum absolute atomic E-state index is 0.0119. The number of hydrogen-bond donors (Lipinski definition) is 5. The summed E-state index contributed by atoms with van der Waals surface area (Å²) in [5.74, 6) is 1.68. The fourth-order valence-corrected chi connectivity index (χ4v) is 4.56. The lowest BCUT2D eigenvalue weighted by atomic mass is 10.0. The molecular formula is C22H36N10. The third-order valence-corrected chi connectivity index (χ3v) is 6.15. The van der Waals surface area contributed by atoms with Crippen LogP contribution in [-0.2, 0) is 6.54 Å². The van der Waals surface area contributed by atoms with E-state index in [0.717, 1.165) is 12.8 Å². The third-order valence-electron chi connectivity index (χ3n) is 6.15. The molecule has 0 unspecified atom stereocenters. The van der Waals surface area contributed by atoms with E-state index in [0.29, 0.717) is 50.6 Å². The van der Waals surface area contributed by atoms with Gasteiger partial charge in [0, 0.05) is 56.9 Å². The smallest absolute Gasteiger partial charge is 0.232 e. The number of piperidine rings is 2. The number of nitrogens with one attached hydrogen (secondary N) is 1. The van der Waals surface area contributed by atoms with E-state index in [1.807, 2.05) is 0 Å². The normalized spacial score (nSPS) is 26.3. The predicted molar refractivity (Wildman–Crippen MR) is 129 cm³/mol. The van der Waals surface area contributed by atoms with E-state index in [1.54, 1.807) is 0 Å². The summed E-state index contributed by atoms with van der Waals surface area (Å²) in [7, 11) is 0. The van der Waals surface area contributed by atoms with Crippen LogP contribution >= 0.6 is 0 Å². The van der Waals surface area contributed by atoms with Crippen LogP contribution in [-0.4, -0.2) is 65.3 Å². The minimum atomic E-state index is -0.0119. The Bertz CT molecular complexity index is 871. The molecular weight excluding hydrogens is 404 g/mol. The Morgan fingerprint density at radius 2 is 1.31 bits per heavy atom. The molecule has 2 saturated heterocycles. The van der Waals surface area contributed by atoms with Gasteiger partial charge in [0.2, 0.25) is 17.8 Å². The zero-order valence-corrected chi connectivity index (χ0v) is 19.0. The van der Waals surface area contributed by atoms with E-state index in [-0.39, 0.29) is 24.2 Å². The van der Waals surface area contributed by atoms with Crippen molar-refractivity contribution in [3.63, 3.8) is 0 Å². The van der Waals surface area contributed by atoms with Gasteiger partial charge >= 0.3 is 0 Å². The molecule has 10 heteroatoms. The van der Waals surface area contributed by atoms with Gasteiger partial charge in [-0.2, -0.15) is 15.0 Å². The third kappa shape index (κ3) is 5.44. The van der Waals surface area contributed by atoms with E-state index in [9.17, 15) is 0 Å². The molecule has 0 aliphatic carbocycles. The van der Waals surface area contributed by atoms with Gasteiger partial charge in [-0.05, 0) is 37.8 Å². The number of hydrogen-bond acceptors (Lipinski definition) is 10. The summed E-state index contributed by atoms with van der Waals surface area (Å²) >= 11 is 0. The van der Waals surface area contributed by atoms with Gasteiger partial charge in [0.25, 0.3) is 0 Å². The molecule has 0 bridgehead atoms. The Hall–Kier alpha value is -2.53. The lowest BCUT2D eigenvalue weighted by molar-refractivity contribution is 0.441. The highest BCUT2D eigenvalue weighted by Crippen LogP contribution is 2.22. The summed E-state index contributed by atoms with van der Waals surface area (Å²) in [5.41, 5.74) is 28.5. The summed E-state index contributed by atoms with van der Waals surface area (Å²) in [4.78, 5) is 18.3. The van der Waals surface area contributed by atoms with Crippen LogP contribution in [0.4, 0.5) is 17.8 Å². The molecule has 3 heterocycles. The number of nitrogens with zero attached hydrogens (tertiary/aromatic N) is 5. The van der Waals surface area contributed by atoms with Gasteiger partial charge in [0.05, 0.1) is 0 Å². The first-order valence-electron chi connectivity index (χ1n) is 11.3. The Morgan fingerprint density at radius 3 is 1.81 bits per heavy atom. The molecule has 10 nitrogen and oxygen atoms in total. The quantitative estimate of drug-likeness (QED) is 0.422. The summed E-state index contributed by atoms with van der Waals surface area (Å²) < 4.78 is 0. The lowest BCUT2D eigenvalue weighted by Crippen LogP contribution is -2.54. The van der Waals surface area contributed by atoms with Crippen molar-refractivity contribution in [2.24, 2.45) is 22.9 Å². The van der Waals surface area contributed by atoms with Crippen molar-refractivity contribution >= 4 is 17.8 Å². The fourth-order valence-electron chi connectivity index (χ4n) is 4.56. The van der Waals surface area contributed by atoms with Gasteiger partial charge in [-0.3, -0.25) is 0 Å². The van der Waals surface area contributed by atoms with Crippen LogP contribution in [0.2, 0.25) is 0 Å². The molecule has 0 radical (unpaired) electrons. The van der Waals surface area contributed by atoms with Gasteiger partial charge in [-0.15, -0.1) is 0 Å². The van der Waals surface area contributed by atoms with Crippen molar-refractivity contribution in [3.05, 3.63) is 34.9 Å². The van der Waals surface area contributed by atoms with Crippen molar-refractivity contribution in [3.8, 4) is 0 Å². The standard InChI is InChI=1S/C22H36N10/c1-13-3-4-14(2)15(5-13)8-27-20-28-21(31-9-16(23)6-17(24)10-31)30-22(29-20)32-11-18(25)7-19(26)12-32/h3-5,16-19H,6-12,23-26H2,1-2H3,(H,27,28,29,30)/t16-,17+,18-,19+. The van der Waals surface area contributed by atoms with E-state index in [4.69, 9.17) is 37.9 Å². The molecule has 4 atom stereocenters. The van der Waals surface area contributed by atoms with Crippen LogP contribution in [0.25, 0.3) is 0 Å². The number of rotatable bonds is 5. The Labute approximate surface area is 189 Å². The highest BCUT2D eigenvalue weighted by atomic mass is 15.4. The van der Waals surface area contributed by atoms with E-state index in [1.165, 1.54) is 16.7 Å². The van der Waals surface area contributed by atoms with Crippen molar-refractivity contribution in [2.45, 2.75) is 57.4 Å². The van der Waals surface area contributed by atoms with Gasteiger partial charge in [-0.1, -0.05) is 23.8 Å². The number of aromatic nitrogens is 3. The maximum Gasteiger partial charge on any atom is 0.232 e. The second kappa shape index (κ2) is 9.53. The summed E-state index contributed by atoms with van der Waals surface area (Å²) in [6.07, 6.45) is 1.59. The van der Waals surface area contributed by atoms with Crippen LogP contribution in [0.5, 0.6) is 0 Å². The molecule has 4 rings (SSSR count). The maximum absolute atomic E-state index is 6.22. The second-order valence-corrected chi connectivity index (χ2v) is 9.36. The van der Waals surface area contributed by atoms with E-state index >= 15 is 0 Å². The number of aryl methyl sites for hydroxylation is 2. The van der Waals surface area contributed by atoms with Crippen molar-refractivity contribution in [1.82, 2.24) is 15.0 Å². The summed E-state index contributed by atoms with van der Waals surface area (Å²) in [5, 5.41) is 3.39. The highest BCUT2D eigenvalue weighted by Gasteiger charge is 2.28. The predicted octanol–water partition coefficient (Wildman–Crippen LogP) is -0.170. The fraction of sp³-hybridized carbons (Fsp3) is 0.591. The average molecular weight is 441 g/mol. The van der Waals surface area contributed by atoms with Crippen LogP contribution in [0.3, 0.4) is 0 Å². The first-order chi connectivity index (χ1) is 15.3. The Kier molecular flexibility index (Phi) is 6.75. The molecule has 9 N–H and O–H groups in total. The second-order valence-electron chi connectivity index (χ2n) is 9.36. The molecule has 32 heavy (non-hydrogen) atoms. The Balaban J connectivity index is 1.63. The van der Waals surface area contributed by atoms with Crippen molar-refractivity contribution < 1.29 is 0 Å². The zero-order chi connectivity index (χ0) is 22.8. The van der Waals surface area contributed by atoms with Gasteiger partial charge in [-0.25, -0.2) is 0 Å². The molecule has 2 aliphatic rings. The SMILES string of the molecule is Cc1ccc(C)c(CNc2nc(N3C[C@H](N)C[C@H](N)C3)nc(N3C[C@H](N)C[C@H](N)C3)n2)c1. The molecule has 0 saturated carbocycles. The zero-order valence-electron chi connectivity index (χ0n) is 19.0. The number of benzene rings is 1. The molecule has 2 aromatic rings. The molecule has 0 spiro atoms. The molecule has 0 amide bonds. The minimum Gasteiger partial charge on any atom is -0.350 e. The molecule has 174 valence electrons. The topological polar surface area (TPSA) is 161 Å². The molecule has 2 aliphatic heterocycles. The monoisotopic (exact) mass is 440 g/mol. The molecule has 1 aromatic heterocycles. The van der Waals surface area contributed by atoms with Crippen LogP contribution < -0.4 is 38.1 Å². The highest BCUT2D eigenvalue weighted by molar-refractivity contribution is 5.47. The summed E-state index contributed by atoms with van der Waals surface area (Å²) in [6, 6.07) is 6.37. The van der Waals surface area contributed by atoms with Gasteiger partial charge in [0.15, 0.2) is 0 Å². The van der Waals surface area contributed by atoms with Crippen molar-refractivity contribution in [1.29, 1.82) is 0 Å². The van der Waals surface area contributed by atoms with E-state index in [2.05, 4.69) is 47.2 Å². The first kappa shape index (κ1) is 22.7. The van der Waals surface area contributed by atoms with Crippen LogP contribution in [0, 0.1) is 13.8 Å².